The zero-order valence-corrected chi connectivity index (χ0v) is 16.2. The van der Waals surface area contributed by atoms with Gasteiger partial charge in [-0.15, -0.1) is 0 Å². The molecule has 2 rings (SSSR count). The van der Waals surface area contributed by atoms with Gasteiger partial charge in [0.15, 0.2) is 0 Å². The van der Waals surface area contributed by atoms with Crippen LogP contribution in [0, 0.1) is 24.1 Å². The van der Waals surface area contributed by atoms with E-state index in [1.54, 1.807) is 12.1 Å². The van der Waals surface area contributed by atoms with Gasteiger partial charge < -0.3 is 4.90 Å². The number of thioether (sulfide) groups is 1. The van der Waals surface area contributed by atoms with Crippen molar-refractivity contribution in [1.29, 1.82) is 5.26 Å². The molecule has 0 N–H and O–H groups in total. The number of nitrogens with zero attached hydrogens (tertiary/aromatic N) is 3. The number of hydrogen-bond acceptors (Lipinski definition) is 4. The Hall–Kier alpha value is -2.60. The normalized spacial score (nSPS) is 12.4. The number of aryl methyl sites for hydroxylation is 1. The fourth-order valence-electron chi connectivity index (χ4n) is 2.58. The van der Waals surface area contributed by atoms with Gasteiger partial charge in [-0.25, -0.2) is 9.37 Å². The third-order valence-electron chi connectivity index (χ3n) is 3.85. The summed E-state index contributed by atoms with van der Waals surface area (Å²) in [5, 5.41) is 8.27. The molecule has 2 aromatic rings. The van der Waals surface area contributed by atoms with Crippen LogP contribution in [0.4, 0.5) is 17.6 Å². The summed E-state index contributed by atoms with van der Waals surface area (Å²) in [7, 11) is 1.51. The summed E-state index contributed by atoms with van der Waals surface area (Å²) in [6.07, 6.45) is -4.70. The number of aromatic nitrogens is 1. The highest BCUT2D eigenvalue weighted by Crippen LogP contribution is 2.37. The largest absolute Gasteiger partial charge is 0.417 e. The van der Waals surface area contributed by atoms with Crippen LogP contribution in [-0.2, 0) is 17.5 Å². The van der Waals surface area contributed by atoms with Crippen LogP contribution in [0.15, 0.2) is 35.4 Å². The summed E-state index contributed by atoms with van der Waals surface area (Å²) in [6.45, 7) is 3.05. The molecule has 0 aliphatic heterocycles. The number of hydrogen-bond donors (Lipinski definition) is 0. The topological polar surface area (TPSA) is 57.0 Å². The molecule has 0 bridgehead atoms. The Morgan fingerprint density at radius 3 is 2.61 bits per heavy atom. The molecule has 0 spiro atoms. The lowest BCUT2D eigenvalue weighted by Gasteiger charge is -2.22. The molecule has 1 amide bonds. The predicted molar refractivity (Wildman–Crippen MR) is 96.9 cm³/mol. The number of benzene rings is 1. The molecule has 0 radical (unpaired) electrons. The second-order valence-electron chi connectivity index (χ2n) is 6.19. The van der Waals surface area contributed by atoms with Gasteiger partial charge in [0.25, 0.3) is 0 Å². The van der Waals surface area contributed by atoms with Crippen LogP contribution in [0.1, 0.15) is 29.3 Å². The number of pyridine rings is 1. The maximum absolute atomic E-state index is 13.3. The van der Waals surface area contributed by atoms with Gasteiger partial charge in [-0.05, 0) is 37.6 Å². The van der Waals surface area contributed by atoms with E-state index in [1.807, 2.05) is 0 Å². The van der Waals surface area contributed by atoms with Crippen LogP contribution in [0.2, 0.25) is 0 Å². The number of nitriles is 1. The number of alkyl halides is 3. The van der Waals surface area contributed by atoms with E-state index in [0.29, 0.717) is 5.56 Å². The molecular weight excluding hydrogens is 394 g/mol. The third-order valence-corrected chi connectivity index (χ3v) is 4.93. The van der Waals surface area contributed by atoms with Crippen molar-refractivity contribution in [1.82, 2.24) is 9.88 Å². The molecule has 148 valence electrons. The van der Waals surface area contributed by atoms with E-state index >= 15 is 0 Å². The number of halogens is 4. The van der Waals surface area contributed by atoms with Gasteiger partial charge in [-0.2, -0.15) is 18.4 Å². The minimum Gasteiger partial charge on any atom is -0.340 e. The second kappa shape index (κ2) is 8.61. The Labute approximate surface area is 164 Å². The van der Waals surface area contributed by atoms with Crippen LogP contribution in [0.25, 0.3) is 0 Å². The first-order valence-electron chi connectivity index (χ1n) is 8.18. The lowest BCUT2D eigenvalue weighted by atomic mass is 10.1. The minimum atomic E-state index is -4.70. The first kappa shape index (κ1) is 21.7. The molecule has 0 fully saturated rings. The van der Waals surface area contributed by atoms with E-state index in [-0.39, 0.29) is 23.2 Å². The number of carbonyl (C=O) groups excluding carboxylic acids is 1. The molecule has 1 aromatic carbocycles. The fraction of sp³-hybridized carbons (Fsp3) is 0.316. The van der Waals surface area contributed by atoms with Crippen molar-refractivity contribution in [2.24, 2.45) is 0 Å². The van der Waals surface area contributed by atoms with Gasteiger partial charge in [0.05, 0.1) is 16.4 Å². The lowest BCUT2D eigenvalue weighted by Crippen LogP contribution is -2.33. The highest BCUT2D eigenvalue weighted by Gasteiger charge is 2.36. The molecular formula is C19H17F4N3OS. The summed E-state index contributed by atoms with van der Waals surface area (Å²) in [5.74, 6) is -0.807. The maximum Gasteiger partial charge on any atom is 0.417 e. The van der Waals surface area contributed by atoms with E-state index in [9.17, 15) is 27.6 Å². The van der Waals surface area contributed by atoms with E-state index in [2.05, 4.69) is 4.98 Å². The number of carbonyl (C=O) groups is 1. The molecule has 1 heterocycles. The quantitative estimate of drug-likeness (QED) is 0.535. The molecule has 1 atom stereocenters. The standard InChI is InChI=1S/C19H17F4N3OS/c1-11-7-16(19(21,22)23)15(9-24)17(25-11)28-12(2)18(27)26(3)10-13-5-4-6-14(20)8-13/h4-8,12H,10H2,1-3H3/t12-/m0/s1. The number of amides is 1. The molecule has 28 heavy (non-hydrogen) atoms. The van der Waals surface area contributed by atoms with Crippen molar-refractivity contribution in [3.05, 3.63) is 58.5 Å². The van der Waals surface area contributed by atoms with E-state index in [1.165, 1.54) is 44.0 Å². The van der Waals surface area contributed by atoms with Crippen molar-refractivity contribution < 1.29 is 22.4 Å². The molecule has 0 saturated heterocycles. The van der Waals surface area contributed by atoms with E-state index in [0.717, 1.165) is 17.8 Å². The van der Waals surface area contributed by atoms with Gasteiger partial charge in [0.1, 0.15) is 16.9 Å². The smallest absolute Gasteiger partial charge is 0.340 e. The van der Waals surface area contributed by atoms with E-state index in [4.69, 9.17) is 0 Å². The van der Waals surface area contributed by atoms with Gasteiger partial charge >= 0.3 is 6.18 Å². The zero-order valence-electron chi connectivity index (χ0n) is 15.3. The van der Waals surface area contributed by atoms with Gasteiger partial charge in [-0.1, -0.05) is 23.9 Å². The molecule has 0 unspecified atom stereocenters. The highest BCUT2D eigenvalue weighted by molar-refractivity contribution is 8.00. The first-order valence-corrected chi connectivity index (χ1v) is 9.06. The monoisotopic (exact) mass is 411 g/mol. The van der Waals surface area contributed by atoms with Gasteiger partial charge in [0.2, 0.25) is 5.91 Å². The van der Waals surface area contributed by atoms with Crippen LogP contribution in [-0.4, -0.2) is 28.1 Å². The second-order valence-corrected chi connectivity index (χ2v) is 7.51. The van der Waals surface area contributed by atoms with Crippen molar-refractivity contribution in [3.63, 3.8) is 0 Å². The van der Waals surface area contributed by atoms with E-state index < -0.39 is 28.4 Å². The van der Waals surface area contributed by atoms with Crippen molar-refractivity contribution in [3.8, 4) is 6.07 Å². The molecule has 0 saturated carbocycles. The first-order chi connectivity index (χ1) is 13.0. The average Bonchev–Trinajstić information content (AvgIpc) is 2.59. The highest BCUT2D eigenvalue weighted by atomic mass is 32.2. The summed E-state index contributed by atoms with van der Waals surface area (Å²) in [5.41, 5.74) is -0.992. The lowest BCUT2D eigenvalue weighted by molar-refractivity contribution is -0.138. The van der Waals surface area contributed by atoms with Gasteiger partial charge in [0, 0.05) is 19.3 Å². The Morgan fingerprint density at radius 2 is 2.04 bits per heavy atom. The Bertz CT molecular complexity index is 924. The van der Waals surface area contributed by atoms with Gasteiger partial charge in [-0.3, -0.25) is 4.79 Å². The average molecular weight is 411 g/mol. The zero-order chi connectivity index (χ0) is 21.1. The van der Waals surface area contributed by atoms with Crippen molar-refractivity contribution >= 4 is 17.7 Å². The maximum atomic E-state index is 13.3. The summed E-state index contributed by atoms with van der Waals surface area (Å²) < 4.78 is 52.9. The van der Waals surface area contributed by atoms with Crippen LogP contribution in [0.3, 0.4) is 0 Å². The minimum absolute atomic E-state index is 0.0987. The molecule has 4 nitrogen and oxygen atoms in total. The Kier molecular flexibility index (Phi) is 6.67. The summed E-state index contributed by atoms with van der Waals surface area (Å²) >= 11 is 0.790. The summed E-state index contributed by atoms with van der Waals surface area (Å²) in [6, 6.07) is 8.13. The molecule has 0 aliphatic carbocycles. The van der Waals surface area contributed by atoms with Crippen LogP contribution >= 0.6 is 11.8 Å². The van der Waals surface area contributed by atoms with Crippen LogP contribution < -0.4 is 0 Å². The molecule has 1 aromatic heterocycles. The molecule has 9 heteroatoms. The molecule has 0 aliphatic rings. The van der Waals surface area contributed by atoms with Crippen LogP contribution in [0.5, 0.6) is 0 Å². The van der Waals surface area contributed by atoms with Crippen molar-refractivity contribution in [2.75, 3.05) is 7.05 Å². The number of rotatable bonds is 5. The SMILES string of the molecule is Cc1cc(C(F)(F)F)c(C#N)c(S[C@@H](C)C(=O)N(C)Cc2cccc(F)c2)n1. The predicted octanol–water partition coefficient (Wildman–Crippen LogP) is 4.56. The third kappa shape index (κ3) is 5.23. The Morgan fingerprint density at radius 1 is 1.36 bits per heavy atom. The fourth-order valence-corrected chi connectivity index (χ4v) is 3.66. The summed E-state index contributed by atoms with van der Waals surface area (Å²) in [4.78, 5) is 17.9. The Balaban J connectivity index is 2.22. The van der Waals surface area contributed by atoms with Crippen molar-refractivity contribution in [2.45, 2.75) is 36.8 Å².